The van der Waals surface area contributed by atoms with Crippen molar-refractivity contribution in [3.8, 4) is 11.3 Å². The van der Waals surface area contributed by atoms with Gasteiger partial charge in [0.05, 0.1) is 0 Å². The number of ether oxygens (including phenoxy) is 1. The van der Waals surface area contributed by atoms with Crippen LogP contribution in [-0.2, 0) is 11.5 Å². The van der Waals surface area contributed by atoms with Gasteiger partial charge in [-0.3, -0.25) is 0 Å². The van der Waals surface area contributed by atoms with Crippen molar-refractivity contribution in [3.05, 3.63) is 50.5 Å². The van der Waals surface area contributed by atoms with Gasteiger partial charge in [0.2, 0.25) is 0 Å². The molecule has 0 aliphatic rings. The number of rotatable bonds is 5. The van der Waals surface area contributed by atoms with Crippen molar-refractivity contribution in [3.63, 3.8) is 0 Å². The van der Waals surface area contributed by atoms with Gasteiger partial charge >= 0.3 is 152 Å². The Morgan fingerprint density at radius 1 is 1.25 bits per heavy atom. The molecule has 0 saturated heterocycles. The predicted octanol–water partition coefficient (Wildman–Crippen LogP) is 3.37. The van der Waals surface area contributed by atoms with Crippen molar-refractivity contribution in [2.75, 3.05) is 6.61 Å². The van der Waals surface area contributed by atoms with Gasteiger partial charge < -0.3 is 0 Å². The summed E-state index contributed by atoms with van der Waals surface area (Å²) in [5.41, 5.74) is 0.701. The van der Waals surface area contributed by atoms with E-state index in [9.17, 15) is 13.6 Å². The van der Waals surface area contributed by atoms with E-state index in [2.05, 4.69) is 16.2 Å². The summed E-state index contributed by atoms with van der Waals surface area (Å²) >= 11 is 7.95. The first kappa shape index (κ1) is 19.0. The second kappa shape index (κ2) is 7.70. The summed E-state index contributed by atoms with van der Waals surface area (Å²) in [6, 6.07) is 3.16. The molecule has 0 spiro atoms. The maximum atomic E-state index is 13.7. The average molecular weight is 418 g/mol. The van der Waals surface area contributed by atoms with E-state index in [0.29, 0.717) is 17.9 Å². The molecule has 0 N–H and O–H groups in total. The number of hydrogen-bond acceptors (Lipinski definition) is 3. The fraction of sp³-hybridized carbons (Fsp3) is 0.375. The molecule has 0 unspecified atom stereocenters. The molecule has 1 aromatic heterocycles. The molecule has 24 heavy (non-hydrogen) atoms. The summed E-state index contributed by atoms with van der Waals surface area (Å²) in [6.45, 7) is 6.00. The fourth-order valence-electron chi connectivity index (χ4n) is 2.47. The third-order valence-electron chi connectivity index (χ3n) is 3.48. The van der Waals surface area contributed by atoms with E-state index in [1.807, 2.05) is 20.8 Å². The standard InChI is InChI=1S/C16H17F2N2O2SSe/c1-4-22-8-19-14(10-5-11(17)7-12(18)6-10)13(9(2)3)15(21)20(24)16(19)23/h5-7,9H,4,8H2,1-3H3. The molecule has 2 aromatic rings. The van der Waals surface area contributed by atoms with Crippen molar-refractivity contribution in [1.29, 1.82) is 0 Å². The van der Waals surface area contributed by atoms with Crippen LogP contribution >= 0.6 is 12.2 Å². The number of halogens is 2. The molecule has 1 aromatic carbocycles. The van der Waals surface area contributed by atoms with Crippen molar-refractivity contribution in [2.24, 2.45) is 0 Å². The molecule has 4 nitrogen and oxygen atoms in total. The average Bonchev–Trinajstić information content (AvgIpc) is 2.50. The van der Waals surface area contributed by atoms with Crippen molar-refractivity contribution >= 4 is 28.4 Å². The van der Waals surface area contributed by atoms with Crippen LogP contribution in [-0.4, -0.2) is 31.0 Å². The van der Waals surface area contributed by atoms with Gasteiger partial charge in [0, 0.05) is 0 Å². The molecule has 0 atom stereocenters. The maximum absolute atomic E-state index is 13.7. The molecule has 0 aliphatic carbocycles. The third kappa shape index (κ3) is 3.67. The Kier molecular flexibility index (Phi) is 6.09. The molecule has 1 radical (unpaired) electrons. The SMILES string of the molecule is CCOCn1c(-c2cc(F)cc(F)c2)c(C(C)C)c(=O)n([Se])c1=S. The number of hydrogen-bond donors (Lipinski definition) is 0. The van der Waals surface area contributed by atoms with Crippen LogP contribution in [0, 0.1) is 16.4 Å². The molecule has 0 fully saturated rings. The third-order valence-corrected chi connectivity index (χ3v) is 4.86. The summed E-state index contributed by atoms with van der Waals surface area (Å²) < 4.78 is 35.8. The van der Waals surface area contributed by atoms with Crippen molar-refractivity contribution in [1.82, 2.24) is 8.15 Å². The summed E-state index contributed by atoms with van der Waals surface area (Å²) in [5, 5.41) is 0. The van der Waals surface area contributed by atoms with E-state index in [-0.39, 0.29) is 28.5 Å². The zero-order valence-electron chi connectivity index (χ0n) is 13.5. The molecule has 0 saturated carbocycles. The summed E-state index contributed by atoms with van der Waals surface area (Å²) in [6.07, 6.45) is 0. The Labute approximate surface area is 152 Å². The van der Waals surface area contributed by atoms with Crippen LogP contribution in [0.15, 0.2) is 23.0 Å². The zero-order chi connectivity index (χ0) is 18.0. The number of nitrogens with zero attached hydrogens (tertiary/aromatic N) is 2. The van der Waals surface area contributed by atoms with Gasteiger partial charge in [-0.05, 0) is 0 Å². The molecule has 0 amide bonds. The quantitative estimate of drug-likeness (QED) is 0.552. The minimum atomic E-state index is -0.721. The van der Waals surface area contributed by atoms with E-state index in [1.54, 1.807) is 4.57 Å². The van der Waals surface area contributed by atoms with Crippen LogP contribution in [0.3, 0.4) is 0 Å². The molecule has 8 heteroatoms. The minimum absolute atomic E-state index is 0.0739. The first-order valence-electron chi connectivity index (χ1n) is 7.39. The van der Waals surface area contributed by atoms with Crippen LogP contribution in [0.25, 0.3) is 11.3 Å². The van der Waals surface area contributed by atoms with Gasteiger partial charge in [-0.1, -0.05) is 0 Å². The second-order valence-corrected chi connectivity index (χ2v) is 6.64. The van der Waals surface area contributed by atoms with Gasteiger partial charge in [-0.2, -0.15) is 0 Å². The van der Waals surface area contributed by atoms with E-state index in [4.69, 9.17) is 17.0 Å². The monoisotopic (exact) mass is 419 g/mol. The Morgan fingerprint density at radius 3 is 2.33 bits per heavy atom. The fourth-order valence-corrected chi connectivity index (χ4v) is 3.11. The second-order valence-electron chi connectivity index (χ2n) is 5.51. The van der Waals surface area contributed by atoms with Gasteiger partial charge in [0.25, 0.3) is 0 Å². The number of benzene rings is 1. The molecule has 2 rings (SSSR count). The van der Waals surface area contributed by atoms with Crippen molar-refractivity contribution < 1.29 is 13.5 Å². The summed E-state index contributed by atoms with van der Waals surface area (Å²) in [5.74, 6) is -1.62. The topological polar surface area (TPSA) is 36.2 Å². The van der Waals surface area contributed by atoms with Crippen LogP contribution in [0.5, 0.6) is 0 Å². The molecule has 0 bridgehead atoms. The van der Waals surface area contributed by atoms with E-state index >= 15 is 0 Å². The predicted molar refractivity (Wildman–Crippen MR) is 91.7 cm³/mol. The Bertz CT molecular complexity index is 857. The Morgan fingerprint density at radius 2 is 1.83 bits per heavy atom. The Hall–Kier alpha value is -1.34. The molecular weight excluding hydrogens is 401 g/mol. The van der Waals surface area contributed by atoms with Gasteiger partial charge in [0.1, 0.15) is 0 Å². The van der Waals surface area contributed by atoms with Gasteiger partial charge in [-0.25, -0.2) is 0 Å². The summed E-state index contributed by atoms with van der Waals surface area (Å²) in [7, 11) is 0. The Balaban J connectivity index is 2.93. The van der Waals surface area contributed by atoms with E-state index in [1.165, 1.54) is 15.7 Å². The van der Waals surface area contributed by atoms with Crippen LogP contribution in [0.2, 0.25) is 0 Å². The first-order valence-corrected chi connectivity index (χ1v) is 8.56. The first-order chi connectivity index (χ1) is 11.3. The van der Waals surface area contributed by atoms with Crippen LogP contribution in [0.4, 0.5) is 8.78 Å². The molecular formula is C16H17F2N2O2SSe. The number of aromatic nitrogens is 2. The van der Waals surface area contributed by atoms with Crippen LogP contribution < -0.4 is 5.56 Å². The molecule has 129 valence electrons. The van der Waals surface area contributed by atoms with Gasteiger partial charge in [0.15, 0.2) is 0 Å². The normalized spacial score (nSPS) is 11.2. The van der Waals surface area contributed by atoms with Crippen molar-refractivity contribution in [2.45, 2.75) is 33.4 Å². The van der Waals surface area contributed by atoms with E-state index in [0.717, 1.165) is 6.07 Å². The molecule has 1 heterocycles. The molecule has 0 aliphatic heterocycles. The zero-order valence-corrected chi connectivity index (χ0v) is 16.0. The van der Waals surface area contributed by atoms with Gasteiger partial charge in [-0.15, -0.1) is 0 Å². The van der Waals surface area contributed by atoms with E-state index < -0.39 is 11.6 Å². The van der Waals surface area contributed by atoms with Crippen LogP contribution in [0.1, 0.15) is 32.3 Å². The summed E-state index contributed by atoms with van der Waals surface area (Å²) in [4.78, 5) is 12.6.